The van der Waals surface area contributed by atoms with Gasteiger partial charge in [0.1, 0.15) is 5.75 Å². The lowest BCUT2D eigenvalue weighted by atomic mass is 9.82. The van der Waals surface area contributed by atoms with Crippen LogP contribution in [0, 0.1) is 5.92 Å². The quantitative estimate of drug-likeness (QED) is 0.615. The Balaban J connectivity index is 1.63. The molecule has 0 unspecified atom stereocenters. The summed E-state index contributed by atoms with van der Waals surface area (Å²) in [6, 6.07) is 13.2. The molecule has 168 valence electrons. The second-order valence-electron chi connectivity index (χ2n) is 8.33. The van der Waals surface area contributed by atoms with Gasteiger partial charge in [0.2, 0.25) is 0 Å². The van der Waals surface area contributed by atoms with Crippen molar-refractivity contribution in [3.8, 4) is 16.9 Å². The molecule has 0 aliphatic carbocycles. The Morgan fingerprint density at radius 1 is 1.25 bits per heavy atom. The van der Waals surface area contributed by atoms with Crippen LogP contribution in [0.25, 0.3) is 11.1 Å². The number of hydrogen-bond acceptors (Lipinski definition) is 6. The van der Waals surface area contributed by atoms with Crippen LogP contribution in [0.1, 0.15) is 18.0 Å². The van der Waals surface area contributed by atoms with Gasteiger partial charge in [-0.1, -0.05) is 24.3 Å². The summed E-state index contributed by atoms with van der Waals surface area (Å²) in [4.78, 5) is 4.10. The number of nitrogens with one attached hydrogen (secondary N) is 1. The number of methoxy groups -OCH3 is 1. The third-order valence-electron chi connectivity index (χ3n) is 6.50. The van der Waals surface area contributed by atoms with Crippen LogP contribution in [-0.2, 0) is 17.1 Å². The number of imidazole rings is 1. The normalized spacial score (nSPS) is 22.8. The number of hydrogen-bond donors (Lipinski definition) is 2. The second-order valence-corrected chi connectivity index (χ2v) is 10.2. The average Bonchev–Trinajstić information content (AvgIpc) is 3.46. The number of sulfonamides is 1. The molecule has 32 heavy (non-hydrogen) atoms. The van der Waals surface area contributed by atoms with Crippen LogP contribution < -0.4 is 10.1 Å². The number of para-hydroxylation sites is 1. The molecule has 0 spiro atoms. The van der Waals surface area contributed by atoms with Gasteiger partial charge in [0.25, 0.3) is 10.0 Å². The molecule has 3 aromatic rings. The average molecular weight is 455 g/mol. The molecule has 0 saturated carbocycles. The zero-order valence-corrected chi connectivity index (χ0v) is 18.8. The summed E-state index contributed by atoms with van der Waals surface area (Å²) in [5.74, 6) is 0.712. The van der Waals surface area contributed by atoms with Crippen molar-refractivity contribution in [2.24, 2.45) is 13.0 Å². The first kappa shape index (κ1) is 21.0. The molecule has 2 aliphatic heterocycles. The number of fused-ring (bicyclic) bond motifs is 3. The first-order valence-electron chi connectivity index (χ1n) is 10.6. The van der Waals surface area contributed by atoms with E-state index < -0.39 is 10.0 Å². The third kappa shape index (κ3) is 3.28. The predicted octanol–water partition coefficient (Wildman–Crippen LogP) is 2.63. The maximum absolute atomic E-state index is 13.5. The van der Waals surface area contributed by atoms with Gasteiger partial charge in [-0.2, -0.15) is 4.31 Å². The molecular weight excluding hydrogens is 428 g/mol. The lowest BCUT2D eigenvalue weighted by Gasteiger charge is -2.38. The molecule has 0 bridgehead atoms. The highest BCUT2D eigenvalue weighted by molar-refractivity contribution is 7.89. The molecule has 2 N–H and O–H groups in total. The minimum absolute atomic E-state index is 0.0427. The molecule has 3 atom stereocenters. The smallest absolute Gasteiger partial charge is 0.262 e. The van der Waals surface area contributed by atoms with Crippen molar-refractivity contribution in [1.82, 2.24) is 13.9 Å². The molecular formula is C23H26N4O4S. The number of aliphatic hydroxyl groups excluding tert-OH is 1. The standard InChI is InChI=1S/C23H26N4O4S/c1-26-12-22(24-14-26)32(29,30)27-10-9-17-20(13-28)25-19-8-7-15(11-18(19)23(17)27)16-5-3-4-6-21(16)31-2/h3-8,11-12,14,17,20,23,25,28H,9-10,13H2,1-2H3/t17-,20-,23-/m1/s1. The second kappa shape index (κ2) is 7.91. The topological polar surface area (TPSA) is 96.7 Å². The summed E-state index contributed by atoms with van der Waals surface area (Å²) in [7, 11) is -0.398. The summed E-state index contributed by atoms with van der Waals surface area (Å²) in [5, 5.41) is 13.5. The lowest BCUT2D eigenvalue weighted by Crippen LogP contribution is -2.42. The van der Waals surface area contributed by atoms with Gasteiger partial charge >= 0.3 is 0 Å². The Labute approximate surface area is 187 Å². The van der Waals surface area contributed by atoms with E-state index in [9.17, 15) is 13.5 Å². The molecule has 1 saturated heterocycles. The van der Waals surface area contributed by atoms with Gasteiger partial charge in [0.05, 0.1) is 32.1 Å². The van der Waals surface area contributed by atoms with Gasteiger partial charge in [-0.25, -0.2) is 13.4 Å². The SMILES string of the molecule is COc1ccccc1-c1ccc2c(c1)[C@H]1[C@H](CCN1S(=O)(=O)c1cn(C)cn1)[C@@H](CO)N2. The van der Waals surface area contributed by atoms with Crippen molar-refractivity contribution in [3.63, 3.8) is 0 Å². The van der Waals surface area contributed by atoms with Crippen LogP contribution in [0.15, 0.2) is 60.0 Å². The first-order valence-corrected chi connectivity index (χ1v) is 12.0. The fourth-order valence-electron chi connectivity index (χ4n) is 4.98. The number of aryl methyl sites for hydroxylation is 1. The van der Waals surface area contributed by atoms with Crippen molar-refractivity contribution < 1.29 is 18.3 Å². The Bertz CT molecular complexity index is 1260. The summed E-state index contributed by atoms with van der Waals surface area (Å²) in [5.41, 5.74) is 3.63. The van der Waals surface area contributed by atoms with E-state index >= 15 is 0 Å². The summed E-state index contributed by atoms with van der Waals surface area (Å²) in [6.07, 6.45) is 3.68. The van der Waals surface area contributed by atoms with Crippen molar-refractivity contribution >= 4 is 15.7 Å². The molecule has 2 aromatic carbocycles. The van der Waals surface area contributed by atoms with Crippen LogP contribution in [0.2, 0.25) is 0 Å². The first-order chi connectivity index (χ1) is 15.4. The highest BCUT2D eigenvalue weighted by atomic mass is 32.2. The molecule has 0 radical (unpaired) electrons. The molecule has 1 fully saturated rings. The monoisotopic (exact) mass is 454 g/mol. The molecule has 0 amide bonds. The van der Waals surface area contributed by atoms with E-state index in [0.29, 0.717) is 13.0 Å². The minimum atomic E-state index is -3.79. The maximum Gasteiger partial charge on any atom is 0.262 e. The molecule has 9 heteroatoms. The van der Waals surface area contributed by atoms with Crippen LogP contribution in [0.3, 0.4) is 0 Å². The Kier molecular flexibility index (Phi) is 5.19. The van der Waals surface area contributed by atoms with E-state index in [1.807, 2.05) is 42.5 Å². The number of anilines is 1. The minimum Gasteiger partial charge on any atom is -0.496 e. The highest BCUT2D eigenvalue weighted by Crippen LogP contribution is 2.49. The van der Waals surface area contributed by atoms with Crippen LogP contribution >= 0.6 is 0 Å². The number of aromatic nitrogens is 2. The summed E-state index contributed by atoms with van der Waals surface area (Å²) < 4.78 is 35.7. The van der Waals surface area contributed by atoms with E-state index in [-0.39, 0.29) is 29.6 Å². The van der Waals surface area contributed by atoms with Gasteiger partial charge < -0.3 is 19.7 Å². The van der Waals surface area contributed by atoms with Crippen molar-refractivity contribution in [1.29, 1.82) is 0 Å². The number of nitrogens with zero attached hydrogens (tertiary/aromatic N) is 3. The molecule has 2 aliphatic rings. The van der Waals surface area contributed by atoms with Crippen LogP contribution in [0.4, 0.5) is 5.69 Å². The summed E-state index contributed by atoms with van der Waals surface area (Å²) >= 11 is 0. The van der Waals surface area contributed by atoms with Crippen molar-refractivity contribution in [2.75, 3.05) is 25.6 Å². The largest absolute Gasteiger partial charge is 0.496 e. The van der Waals surface area contributed by atoms with Crippen molar-refractivity contribution in [2.45, 2.75) is 23.5 Å². The number of rotatable bonds is 5. The fourth-order valence-corrected chi connectivity index (χ4v) is 6.62. The molecule has 5 rings (SSSR count). The molecule has 3 heterocycles. The van der Waals surface area contributed by atoms with E-state index in [1.54, 1.807) is 23.0 Å². The van der Waals surface area contributed by atoms with E-state index in [4.69, 9.17) is 4.74 Å². The number of ether oxygens (including phenoxy) is 1. The molecule has 8 nitrogen and oxygen atoms in total. The lowest BCUT2D eigenvalue weighted by molar-refractivity contribution is 0.210. The van der Waals surface area contributed by atoms with Gasteiger partial charge in [-0.15, -0.1) is 0 Å². The maximum atomic E-state index is 13.5. The predicted molar refractivity (Wildman–Crippen MR) is 121 cm³/mol. The van der Waals surface area contributed by atoms with Crippen molar-refractivity contribution in [3.05, 3.63) is 60.6 Å². The fraction of sp³-hybridized carbons (Fsp3) is 0.348. The van der Waals surface area contributed by atoms with E-state index in [2.05, 4.69) is 10.3 Å². The van der Waals surface area contributed by atoms with Gasteiger partial charge in [0.15, 0.2) is 5.03 Å². The van der Waals surface area contributed by atoms with Crippen LogP contribution in [-0.4, -0.2) is 53.7 Å². The Hall–Kier alpha value is -2.88. The van der Waals surface area contributed by atoms with E-state index in [1.165, 1.54) is 12.5 Å². The Morgan fingerprint density at radius 2 is 2.06 bits per heavy atom. The van der Waals surface area contributed by atoms with Crippen LogP contribution in [0.5, 0.6) is 5.75 Å². The number of aliphatic hydroxyl groups is 1. The highest BCUT2D eigenvalue weighted by Gasteiger charge is 2.49. The van der Waals surface area contributed by atoms with Gasteiger partial charge in [-0.05, 0) is 35.7 Å². The summed E-state index contributed by atoms with van der Waals surface area (Å²) in [6.45, 7) is 0.317. The molecule has 1 aromatic heterocycles. The van der Waals surface area contributed by atoms with Gasteiger partial charge in [-0.3, -0.25) is 0 Å². The number of benzene rings is 2. The van der Waals surface area contributed by atoms with E-state index in [0.717, 1.165) is 28.1 Å². The third-order valence-corrected chi connectivity index (χ3v) is 8.26. The zero-order chi connectivity index (χ0) is 22.5. The zero-order valence-electron chi connectivity index (χ0n) is 18.0. The van der Waals surface area contributed by atoms with Gasteiger partial charge in [0, 0.05) is 37.0 Å². The Morgan fingerprint density at radius 3 is 2.78 bits per heavy atom.